The molecule has 0 saturated heterocycles. The minimum atomic E-state index is -0.0670. The van der Waals surface area contributed by atoms with Crippen LogP contribution in [0.5, 0.6) is 0 Å². The predicted molar refractivity (Wildman–Crippen MR) is 72.7 cm³/mol. The van der Waals surface area contributed by atoms with Crippen LogP contribution in [-0.4, -0.2) is 21.7 Å². The molecule has 1 aliphatic carbocycles. The van der Waals surface area contributed by atoms with Gasteiger partial charge in [0.2, 0.25) is 0 Å². The molecule has 0 unspecified atom stereocenters. The third kappa shape index (κ3) is 1.76. The summed E-state index contributed by atoms with van der Waals surface area (Å²) in [6, 6.07) is 5.87. The Morgan fingerprint density at radius 2 is 2.22 bits per heavy atom. The number of aliphatic hydroxyl groups is 1. The van der Waals surface area contributed by atoms with Crippen LogP contribution in [0.1, 0.15) is 29.1 Å². The molecule has 3 nitrogen and oxygen atoms in total. The summed E-state index contributed by atoms with van der Waals surface area (Å²) in [6.07, 6.45) is 5.09. The molecule has 2 heterocycles. The third-order valence-corrected chi connectivity index (χ3v) is 4.99. The van der Waals surface area contributed by atoms with Crippen LogP contribution < -0.4 is 0 Å². The highest BCUT2D eigenvalue weighted by atomic mass is 32.1. The zero-order valence-corrected chi connectivity index (χ0v) is 11.2. The lowest BCUT2D eigenvalue weighted by Gasteiger charge is -2.38. The fourth-order valence-corrected chi connectivity index (χ4v) is 3.57. The SMILES string of the molecule is Cc1sc(C2(CO)CCC2)nc1-c1ccccn1. The maximum atomic E-state index is 9.61. The second kappa shape index (κ2) is 4.44. The van der Waals surface area contributed by atoms with Crippen molar-refractivity contribution in [3.63, 3.8) is 0 Å². The van der Waals surface area contributed by atoms with E-state index in [9.17, 15) is 5.11 Å². The number of hydrogen-bond acceptors (Lipinski definition) is 4. The van der Waals surface area contributed by atoms with Crippen LogP contribution in [0.2, 0.25) is 0 Å². The van der Waals surface area contributed by atoms with Crippen molar-refractivity contribution in [3.05, 3.63) is 34.3 Å². The van der Waals surface area contributed by atoms with Crippen LogP contribution in [0.3, 0.4) is 0 Å². The summed E-state index contributed by atoms with van der Waals surface area (Å²) < 4.78 is 0. The molecule has 2 aromatic heterocycles. The maximum absolute atomic E-state index is 9.61. The van der Waals surface area contributed by atoms with Crippen molar-refractivity contribution in [1.29, 1.82) is 0 Å². The van der Waals surface area contributed by atoms with Gasteiger partial charge in [-0.3, -0.25) is 4.98 Å². The average molecular weight is 260 g/mol. The number of aliphatic hydroxyl groups excluding tert-OH is 1. The summed E-state index contributed by atoms with van der Waals surface area (Å²) in [5.41, 5.74) is 1.82. The number of pyridine rings is 1. The summed E-state index contributed by atoms with van der Waals surface area (Å²) in [5.74, 6) is 0. The maximum Gasteiger partial charge on any atom is 0.103 e. The molecular formula is C14H16N2OS. The van der Waals surface area contributed by atoms with Gasteiger partial charge in [0, 0.05) is 16.5 Å². The van der Waals surface area contributed by atoms with E-state index in [0.717, 1.165) is 29.2 Å². The molecule has 1 aliphatic rings. The minimum Gasteiger partial charge on any atom is -0.395 e. The Bertz CT molecular complexity index is 541. The Morgan fingerprint density at radius 3 is 2.78 bits per heavy atom. The molecule has 1 fully saturated rings. The Hall–Kier alpha value is -1.26. The third-order valence-electron chi connectivity index (χ3n) is 3.77. The lowest BCUT2D eigenvalue weighted by molar-refractivity contribution is 0.120. The van der Waals surface area contributed by atoms with E-state index in [1.54, 1.807) is 17.5 Å². The number of hydrogen-bond donors (Lipinski definition) is 1. The molecule has 18 heavy (non-hydrogen) atoms. The van der Waals surface area contributed by atoms with Crippen LogP contribution in [0.4, 0.5) is 0 Å². The fraction of sp³-hybridized carbons (Fsp3) is 0.429. The lowest BCUT2D eigenvalue weighted by Crippen LogP contribution is -2.37. The first-order chi connectivity index (χ1) is 8.75. The molecule has 1 N–H and O–H groups in total. The number of nitrogens with zero attached hydrogens (tertiary/aromatic N) is 2. The summed E-state index contributed by atoms with van der Waals surface area (Å²) in [6.45, 7) is 2.29. The van der Waals surface area contributed by atoms with E-state index in [0.29, 0.717) is 0 Å². The highest BCUT2D eigenvalue weighted by Crippen LogP contribution is 2.46. The highest BCUT2D eigenvalue weighted by molar-refractivity contribution is 7.12. The van der Waals surface area contributed by atoms with Crippen molar-refractivity contribution in [2.75, 3.05) is 6.61 Å². The first kappa shape index (κ1) is 11.8. The van der Waals surface area contributed by atoms with Gasteiger partial charge in [-0.25, -0.2) is 4.98 Å². The van der Waals surface area contributed by atoms with Gasteiger partial charge in [0.05, 0.1) is 12.3 Å². The van der Waals surface area contributed by atoms with E-state index in [1.165, 1.54) is 11.3 Å². The van der Waals surface area contributed by atoms with E-state index in [4.69, 9.17) is 4.98 Å². The molecule has 2 aromatic rings. The monoisotopic (exact) mass is 260 g/mol. The quantitative estimate of drug-likeness (QED) is 0.923. The fourth-order valence-electron chi connectivity index (χ4n) is 2.41. The molecule has 0 spiro atoms. The molecule has 0 radical (unpaired) electrons. The van der Waals surface area contributed by atoms with Crippen molar-refractivity contribution in [3.8, 4) is 11.4 Å². The zero-order chi connectivity index (χ0) is 12.6. The molecule has 4 heteroatoms. The largest absolute Gasteiger partial charge is 0.395 e. The normalized spacial score (nSPS) is 17.4. The van der Waals surface area contributed by atoms with Crippen molar-refractivity contribution in [2.24, 2.45) is 0 Å². The second-order valence-electron chi connectivity index (χ2n) is 4.93. The van der Waals surface area contributed by atoms with Crippen molar-refractivity contribution in [2.45, 2.75) is 31.6 Å². The molecular weight excluding hydrogens is 244 g/mol. The van der Waals surface area contributed by atoms with Gasteiger partial charge in [0.15, 0.2) is 0 Å². The molecule has 0 aromatic carbocycles. The van der Waals surface area contributed by atoms with E-state index < -0.39 is 0 Å². The molecule has 94 valence electrons. The minimum absolute atomic E-state index is 0.0670. The number of aryl methyl sites for hydroxylation is 1. The number of rotatable bonds is 3. The van der Waals surface area contributed by atoms with Crippen LogP contribution in [0.15, 0.2) is 24.4 Å². The van der Waals surface area contributed by atoms with Gasteiger partial charge >= 0.3 is 0 Å². The Morgan fingerprint density at radius 1 is 1.39 bits per heavy atom. The van der Waals surface area contributed by atoms with Crippen molar-refractivity contribution in [1.82, 2.24) is 9.97 Å². The lowest BCUT2D eigenvalue weighted by atomic mass is 9.70. The van der Waals surface area contributed by atoms with Crippen LogP contribution in [0.25, 0.3) is 11.4 Å². The first-order valence-electron chi connectivity index (χ1n) is 6.25. The van der Waals surface area contributed by atoms with E-state index in [2.05, 4.69) is 11.9 Å². The summed E-state index contributed by atoms with van der Waals surface area (Å²) in [4.78, 5) is 10.3. The topological polar surface area (TPSA) is 46.0 Å². The smallest absolute Gasteiger partial charge is 0.103 e. The van der Waals surface area contributed by atoms with Gasteiger partial charge in [-0.1, -0.05) is 12.5 Å². The molecule has 0 atom stereocenters. The van der Waals surface area contributed by atoms with Crippen LogP contribution in [-0.2, 0) is 5.41 Å². The van der Waals surface area contributed by atoms with Crippen LogP contribution in [0, 0.1) is 6.92 Å². The standard InChI is InChI=1S/C14H16N2OS/c1-10-12(11-5-2-3-8-15-11)16-13(18-10)14(9-17)6-4-7-14/h2-3,5,8,17H,4,6-7,9H2,1H3. The van der Waals surface area contributed by atoms with Gasteiger partial charge in [-0.2, -0.15) is 0 Å². The van der Waals surface area contributed by atoms with Crippen LogP contribution >= 0.6 is 11.3 Å². The predicted octanol–water partition coefficient (Wildman–Crippen LogP) is 2.93. The molecule has 3 rings (SSSR count). The van der Waals surface area contributed by atoms with E-state index >= 15 is 0 Å². The Kier molecular flexibility index (Phi) is 2.92. The highest BCUT2D eigenvalue weighted by Gasteiger charge is 2.41. The Balaban J connectivity index is 2.01. The average Bonchev–Trinajstić information content (AvgIpc) is 2.72. The van der Waals surface area contributed by atoms with Gasteiger partial charge in [-0.15, -0.1) is 11.3 Å². The summed E-state index contributed by atoms with van der Waals surface area (Å²) in [5, 5.41) is 10.7. The second-order valence-corrected chi connectivity index (χ2v) is 6.13. The van der Waals surface area contributed by atoms with E-state index in [-0.39, 0.29) is 12.0 Å². The molecule has 0 amide bonds. The summed E-state index contributed by atoms with van der Waals surface area (Å²) in [7, 11) is 0. The molecule has 0 aliphatic heterocycles. The Labute approximate surface area is 111 Å². The summed E-state index contributed by atoms with van der Waals surface area (Å²) >= 11 is 1.71. The van der Waals surface area contributed by atoms with Gasteiger partial charge in [0.1, 0.15) is 10.7 Å². The first-order valence-corrected chi connectivity index (χ1v) is 7.07. The van der Waals surface area contributed by atoms with Crippen molar-refractivity contribution < 1.29 is 5.11 Å². The number of thiazole rings is 1. The van der Waals surface area contributed by atoms with Gasteiger partial charge < -0.3 is 5.11 Å². The molecule has 1 saturated carbocycles. The number of aromatic nitrogens is 2. The zero-order valence-electron chi connectivity index (χ0n) is 10.4. The van der Waals surface area contributed by atoms with Crippen molar-refractivity contribution >= 4 is 11.3 Å². The van der Waals surface area contributed by atoms with Gasteiger partial charge in [0.25, 0.3) is 0 Å². The molecule has 0 bridgehead atoms. The van der Waals surface area contributed by atoms with E-state index in [1.807, 2.05) is 18.2 Å². The van der Waals surface area contributed by atoms with Gasteiger partial charge in [-0.05, 0) is 31.9 Å².